The van der Waals surface area contributed by atoms with Gasteiger partial charge in [-0.2, -0.15) is 0 Å². The molecule has 1 fully saturated rings. The maximum Gasteiger partial charge on any atom is 0.236 e. The van der Waals surface area contributed by atoms with Crippen LogP contribution in [0.4, 0.5) is 4.39 Å². The molecule has 2 amide bonds. The number of halogens is 2. The lowest BCUT2D eigenvalue weighted by molar-refractivity contribution is -0.133. The third-order valence-corrected chi connectivity index (χ3v) is 3.94. The summed E-state index contributed by atoms with van der Waals surface area (Å²) in [5.41, 5.74) is 0.971. The van der Waals surface area contributed by atoms with Crippen LogP contribution in [0.2, 0.25) is 0 Å². The molecule has 0 aromatic heterocycles. The topological polar surface area (TPSA) is 64.7 Å². The summed E-state index contributed by atoms with van der Waals surface area (Å²) in [6, 6.07) is 6.23. The fourth-order valence-corrected chi connectivity index (χ4v) is 2.60. The first-order valence-corrected chi connectivity index (χ1v) is 8.23. The molecule has 1 aliphatic heterocycles. The highest BCUT2D eigenvalue weighted by molar-refractivity contribution is 5.85. The maximum atomic E-state index is 12.8. The highest BCUT2D eigenvalue weighted by Crippen LogP contribution is 2.02. The summed E-state index contributed by atoms with van der Waals surface area (Å²) in [5, 5.41) is 6.02. The number of hydrogen-bond donors (Lipinski definition) is 2. The van der Waals surface area contributed by atoms with Crippen molar-refractivity contribution < 1.29 is 14.0 Å². The normalized spacial score (nSPS) is 14.1. The van der Waals surface area contributed by atoms with Crippen molar-refractivity contribution in [1.82, 2.24) is 20.4 Å². The van der Waals surface area contributed by atoms with Crippen LogP contribution in [0.15, 0.2) is 24.3 Å². The monoisotopic (exact) mass is 372 g/mol. The number of hydrogen-bond acceptors (Lipinski definition) is 4. The highest BCUT2D eigenvalue weighted by atomic mass is 35.5. The fourth-order valence-electron chi connectivity index (χ4n) is 2.60. The van der Waals surface area contributed by atoms with Crippen molar-refractivity contribution in [1.29, 1.82) is 0 Å². The molecule has 1 aromatic carbocycles. The van der Waals surface area contributed by atoms with Crippen molar-refractivity contribution >= 4 is 24.2 Å². The molecule has 2 N–H and O–H groups in total. The maximum absolute atomic E-state index is 12.8. The Morgan fingerprint density at radius 1 is 1.20 bits per heavy atom. The van der Waals surface area contributed by atoms with Gasteiger partial charge in [0.15, 0.2) is 0 Å². The van der Waals surface area contributed by atoms with E-state index in [1.54, 1.807) is 24.1 Å². The number of nitrogens with one attached hydrogen (secondary N) is 2. The molecule has 0 bridgehead atoms. The van der Waals surface area contributed by atoms with Crippen molar-refractivity contribution in [3.63, 3.8) is 0 Å². The quantitative estimate of drug-likeness (QED) is 0.721. The van der Waals surface area contributed by atoms with Crippen LogP contribution in [0, 0.1) is 5.82 Å². The van der Waals surface area contributed by atoms with Crippen molar-refractivity contribution in [3.05, 3.63) is 35.6 Å². The Morgan fingerprint density at radius 2 is 1.84 bits per heavy atom. The summed E-state index contributed by atoms with van der Waals surface area (Å²) in [6.07, 6.45) is 0.648. The SMILES string of the molecule is CN(CC(=O)NCCc1ccc(F)cc1)CC(=O)N1CCNCC1.Cl. The third-order valence-electron chi connectivity index (χ3n) is 3.94. The number of rotatable bonds is 7. The van der Waals surface area contributed by atoms with E-state index in [4.69, 9.17) is 0 Å². The molecule has 8 heteroatoms. The van der Waals surface area contributed by atoms with Gasteiger partial charge in [0, 0.05) is 32.7 Å². The Kier molecular flexibility index (Phi) is 9.41. The van der Waals surface area contributed by atoms with Crippen molar-refractivity contribution in [3.8, 4) is 0 Å². The van der Waals surface area contributed by atoms with Crippen LogP contribution in [0.5, 0.6) is 0 Å². The lowest BCUT2D eigenvalue weighted by atomic mass is 10.1. The smallest absolute Gasteiger partial charge is 0.236 e. The summed E-state index contributed by atoms with van der Waals surface area (Å²) < 4.78 is 12.8. The van der Waals surface area contributed by atoms with Crippen LogP contribution in [0.25, 0.3) is 0 Å². The molecule has 1 saturated heterocycles. The largest absolute Gasteiger partial charge is 0.355 e. The highest BCUT2D eigenvalue weighted by Gasteiger charge is 2.18. The lowest BCUT2D eigenvalue weighted by Gasteiger charge is -2.29. The van der Waals surface area contributed by atoms with Gasteiger partial charge >= 0.3 is 0 Å². The molecule has 0 spiro atoms. The molecule has 0 radical (unpaired) electrons. The van der Waals surface area contributed by atoms with Gasteiger partial charge in [-0.05, 0) is 31.2 Å². The van der Waals surface area contributed by atoms with Crippen LogP contribution in [-0.2, 0) is 16.0 Å². The van der Waals surface area contributed by atoms with Gasteiger partial charge < -0.3 is 15.5 Å². The van der Waals surface area contributed by atoms with Gasteiger partial charge in [0.1, 0.15) is 5.82 Å². The zero-order valence-electron chi connectivity index (χ0n) is 14.5. The molecule has 1 heterocycles. The van der Waals surface area contributed by atoms with E-state index in [0.29, 0.717) is 13.0 Å². The zero-order valence-corrected chi connectivity index (χ0v) is 15.3. The van der Waals surface area contributed by atoms with Crippen LogP contribution >= 0.6 is 12.4 Å². The number of piperazine rings is 1. The molecule has 2 rings (SSSR count). The second-order valence-corrected chi connectivity index (χ2v) is 6.03. The van der Waals surface area contributed by atoms with E-state index in [1.807, 2.05) is 4.90 Å². The molecule has 1 aliphatic rings. The van der Waals surface area contributed by atoms with Crippen LogP contribution in [0.1, 0.15) is 5.56 Å². The first kappa shape index (κ1) is 21.3. The van der Waals surface area contributed by atoms with Crippen LogP contribution < -0.4 is 10.6 Å². The Morgan fingerprint density at radius 3 is 2.48 bits per heavy atom. The summed E-state index contributed by atoms with van der Waals surface area (Å²) in [7, 11) is 1.76. The fraction of sp³-hybridized carbons (Fsp3) is 0.529. The van der Waals surface area contributed by atoms with E-state index in [2.05, 4.69) is 10.6 Å². The van der Waals surface area contributed by atoms with E-state index < -0.39 is 0 Å². The number of nitrogens with zero attached hydrogens (tertiary/aromatic N) is 2. The number of likely N-dealkylation sites (N-methyl/N-ethyl adjacent to an activating group) is 1. The molecular weight excluding hydrogens is 347 g/mol. The van der Waals surface area contributed by atoms with Gasteiger partial charge in [-0.25, -0.2) is 4.39 Å². The predicted octanol–water partition coefficient (Wildman–Crippen LogP) is 0.270. The van der Waals surface area contributed by atoms with E-state index in [1.165, 1.54) is 12.1 Å². The number of carbonyl (C=O) groups is 2. The minimum atomic E-state index is -0.265. The minimum absolute atomic E-state index is 0. The minimum Gasteiger partial charge on any atom is -0.355 e. The van der Waals surface area contributed by atoms with Gasteiger partial charge in [-0.1, -0.05) is 12.1 Å². The molecule has 0 unspecified atom stereocenters. The van der Waals surface area contributed by atoms with E-state index in [9.17, 15) is 14.0 Å². The Bertz CT molecular complexity index is 550. The molecule has 140 valence electrons. The Labute approximate surface area is 154 Å². The average Bonchev–Trinajstić information content (AvgIpc) is 2.57. The average molecular weight is 373 g/mol. The molecule has 0 atom stereocenters. The van der Waals surface area contributed by atoms with E-state index in [0.717, 1.165) is 31.7 Å². The van der Waals surface area contributed by atoms with Gasteiger partial charge in [0.2, 0.25) is 11.8 Å². The Balaban J connectivity index is 0.00000312. The number of amides is 2. The molecule has 6 nitrogen and oxygen atoms in total. The van der Waals surface area contributed by atoms with Crippen molar-refractivity contribution in [2.45, 2.75) is 6.42 Å². The third kappa shape index (κ3) is 7.81. The summed E-state index contributed by atoms with van der Waals surface area (Å²) >= 11 is 0. The molecule has 1 aromatic rings. The van der Waals surface area contributed by atoms with Crippen LogP contribution in [-0.4, -0.2) is 74.5 Å². The molecule has 25 heavy (non-hydrogen) atoms. The zero-order chi connectivity index (χ0) is 17.4. The first-order valence-electron chi connectivity index (χ1n) is 8.23. The van der Waals surface area contributed by atoms with Crippen LogP contribution in [0.3, 0.4) is 0 Å². The number of carbonyl (C=O) groups excluding carboxylic acids is 2. The van der Waals surface area contributed by atoms with Crippen molar-refractivity contribution in [2.75, 3.05) is 52.9 Å². The van der Waals surface area contributed by atoms with Gasteiger partial charge in [-0.15, -0.1) is 12.4 Å². The Hall–Kier alpha value is -1.70. The standard InChI is InChI=1S/C17H25FN4O2.ClH/c1-21(13-17(24)22-10-8-19-9-11-22)12-16(23)20-7-6-14-2-4-15(18)5-3-14;/h2-5,19H,6-13H2,1H3,(H,20,23);1H. The van der Waals surface area contributed by atoms with Gasteiger partial charge in [0.05, 0.1) is 13.1 Å². The van der Waals surface area contributed by atoms with Crippen molar-refractivity contribution in [2.24, 2.45) is 0 Å². The van der Waals surface area contributed by atoms with E-state index >= 15 is 0 Å². The second kappa shape index (κ2) is 11.0. The van der Waals surface area contributed by atoms with E-state index in [-0.39, 0.29) is 43.1 Å². The lowest BCUT2D eigenvalue weighted by Crippen LogP contribution is -2.50. The summed E-state index contributed by atoms with van der Waals surface area (Å²) in [5.74, 6) is -0.329. The summed E-state index contributed by atoms with van der Waals surface area (Å²) in [6.45, 7) is 3.99. The van der Waals surface area contributed by atoms with Gasteiger partial charge in [0.25, 0.3) is 0 Å². The number of benzene rings is 1. The first-order chi connectivity index (χ1) is 11.5. The molecular formula is C17H26ClFN4O2. The summed E-state index contributed by atoms with van der Waals surface area (Å²) in [4.78, 5) is 27.6. The molecule has 0 saturated carbocycles. The second-order valence-electron chi connectivity index (χ2n) is 6.03. The molecule has 0 aliphatic carbocycles. The predicted molar refractivity (Wildman–Crippen MR) is 97.3 cm³/mol. The van der Waals surface area contributed by atoms with Gasteiger partial charge in [-0.3, -0.25) is 14.5 Å².